The summed E-state index contributed by atoms with van der Waals surface area (Å²) < 4.78 is 13.0. The minimum Gasteiger partial charge on any atom is -0.313 e. The second-order valence-electron chi connectivity index (χ2n) is 3.20. The highest BCUT2D eigenvalue weighted by Crippen LogP contribution is 2.28. The number of carbonyl (C=O) groups excluding carboxylic acids is 1. The molecule has 0 bridgehead atoms. The second kappa shape index (κ2) is 4.88. The van der Waals surface area contributed by atoms with Gasteiger partial charge >= 0.3 is 0 Å². The van der Waals surface area contributed by atoms with Crippen LogP contribution in [-0.2, 0) is 4.79 Å². The average molecular weight is 252 g/mol. The van der Waals surface area contributed by atoms with Gasteiger partial charge in [0.2, 0.25) is 6.41 Å². The standard InChI is InChI=1S/C11H7ClFN3O/c12-10-5-15-11(16-6-17)2-9(10)7-1-8(13)4-14-3-7/h1-6H,(H,15,16,17). The fourth-order valence-electron chi connectivity index (χ4n) is 1.36. The molecule has 17 heavy (non-hydrogen) atoms. The fraction of sp³-hybridized carbons (Fsp3) is 0. The molecule has 2 rings (SSSR count). The van der Waals surface area contributed by atoms with E-state index in [-0.39, 0.29) is 0 Å². The number of hydrogen-bond acceptors (Lipinski definition) is 3. The lowest BCUT2D eigenvalue weighted by Crippen LogP contribution is -1.97. The smallest absolute Gasteiger partial charge is 0.212 e. The number of pyridine rings is 2. The van der Waals surface area contributed by atoms with Crippen LogP contribution >= 0.6 is 11.6 Å². The number of nitrogens with zero attached hydrogens (tertiary/aromatic N) is 2. The van der Waals surface area contributed by atoms with E-state index in [1.54, 1.807) is 6.07 Å². The Labute approximate surface area is 101 Å². The zero-order valence-corrected chi connectivity index (χ0v) is 9.28. The summed E-state index contributed by atoms with van der Waals surface area (Å²) in [5.41, 5.74) is 1.07. The first-order valence-corrected chi connectivity index (χ1v) is 5.05. The molecule has 0 unspecified atom stereocenters. The molecule has 2 aromatic rings. The van der Waals surface area contributed by atoms with Crippen molar-refractivity contribution >= 4 is 23.8 Å². The van der Waals surface area contributed by atoms with Crippen LogP contribution in [0.15, 0.2) is 30.7 Å². The Balaban J connectivity index is 2.50. The van der Waals surface area contributed by atoms with Crippen LogP contribution in [0.5, 0.6) is 0 Å². The van der Waals surface area contributed by atoms with Crippen LogP contribution in [0.3, 0.4) is 0 Å². The Hall–Kier alpha value is -2.01. The van der Waals surface area contributed by atoms with Crippen LogP contribution in [0.25, 0.3) is 11.1 Å². The minimum absolute atomic E-state index is 0.337. The van der Waals surface area contributed by atoms with Gasteiger partial charge in [0.25, 0.3) is 0 Å². The molecule has 0 aliphatic heterocycles. The van der Waals surface area contributed by atoms with Crippen molar-refractivity contribution in [3.8, 4) is 11.1 Å². The number of nitrogens with one attached hydrogen (secondary N) is 1. The molecular weight excluding hydrogens is 245 g/mol. The Morgan fingerprint density at radius 3 is 2.82 bits per heavy atom. The SMILES string of the molecule is O=CNc1cc(-c2cncc(F)c2)c(Cl)cn1. The van der Waals surface area contributed by atoms with Crippen LogP contribution in [0.4, 0.5) is 10.2 Å². The second-order valence-corrected chi connectivity index (χ2v) is 3.61. The summed E-state index contributed by atoms with van der Waals surface area (Å²) in [6.07, 6.45) is 4.47. The third-order valence-electron chi connectivity index (χ3n) is 2.08. The maximum atomic E-state index is 13.0. The van der Waals surface area contributed by atoms with Gasteiger partial charge in [-0.3, -0.25) is 9.78 Å². The molecule has 0 radical (unpaired) electrons. The van der Waals surface area contributed by atoms with Gasteiger partial charge in [0, 0.05) is 23.5 Å². The zero-order valence-electron chi connectivity index (χ0n) is 8.52. The Bertz CT molecular complexity index is 562. The molecular formula is C11H7ClFN3O. The predicted molar refractivity (Wildman–Crippen MR) is 62.1 cm³/mol. The van der Waals surface area contributed by atoms with Crippen molar-refractivity contribution < 1.29 is 9.18 Å². The van der Waals surface area contributed by atoms with Gasteiger partial charge in [0.05, 0.1) is 11.2 Å². The van der Waals surface area contributed by atoms with E-state index in [1.165, 1.54) is 18.5 Å². The Morgan fingerprint density at radius 1 is 1.29 bits per heavy atom. The number of aromatic nitrogens is 2. The lowest BCUT2D eigenvalue weighted by atomic mass is 10.1. The normalized spacial score (nSPS) is 10.0. The van der Waals surface area contributed by atoms with E-state index < -0.39 is 5.82 Å². The van der Waals surface area contributed by atoms with E-state index in [4.69, 9.17) is 11.6 Å². The third kappa shape index (κ3) is 2.57. The summed E-state index contributed by atoms with van der Waals surface area (Å²) >= 11 is 5.95. The van der Waals surface area contributed by atoms with Crippen LogP contribution in [0.2, 0.25) is 5.02 Å². The molecule has 0 aromatic carbocycles. The quantitative estimate of drug-likeness (QED) is 0.853. The van der Waals surface area contributed by atoms with Crippen molar-refractivity contribution in [2.45, 2.75) is 0 Å². The predicted octanol–water partition coefficient (Wildman–Crippen LogP) is 2.50. The van der Waals surface area contributed by atoms with E-state index in [0.29, 0.717) is 28.4 Å². The monoisotopic (exact) mass is 251 g/mol. The van der Waals surface area contributed by atoms with Crippen molar-refractivity contribution in [2.75, 3.05) is 5.32 Å². The summed E-state index contributed by atoms with van der Waals surface area (Å²) in [5.74, 6) is -0.121. The Kier molecular flexibility index (Phi) is 3.30. The summed E-state index contributed by atoms with van der Waals surface area (Å²) in [7, 11) is 0. The van der Waals surface area contributed by atoms with Crippen molar-refractivity contribution in [1.29, 1.82) is 0 Å². The van der Waals surface area contributed by atoms with Crippen LogP contribution in [0.1, 0.15) is 0 Å². The molecule has 6 heteroatoms. The third-order valence-corrected chi connectivity index (χ3v) is 2.38. The molecule has 2 heterocycles. The van der Waals surface area contributed by atoms with E-state index in [9.17, 15) is 9.18 Å². The molecule has 0 aliphatic carbocycles. The fourth-order valence-corrected chi connectivity index (χ4v) is 1.57. The highest BCUT2D eigenvalue weighted by atomic mass is 35.5. The minimum atomic E-state index is -0.458. The first-order valence-electron chi connectivity index (χ1n) is 4.67. The van der Waals surface area contributed by atoms with E-state index in [0.717, 1.165) is 6.20 Å². The molecule has 0 spiro atoms. The van der Waals surface area contributed by atoms with E-state index in [2.05, 4.69) is 15.3 Å². The molecule has 2 aromatic heterocycles. The van der Waals surface area contributed by atoms with Crippen molar-refractivity contribution in [2.24, 2.45) is 0 Å². The summed E-state index contributed by atoms with van der Waals surface area (Å²) in [5, 5.41) is 2.75. The largest absolute Gasteiger partial charge is 0.313 e. The van der Waals surface area contributed by atoms with Gasteiger partial charge in [-0.2, -0.15) is 0 Å². The van der Waals surface area contributed by atoms with E-state index >= 15 is 0 Å². The molecule has 1 amide bonds. The van der Waals surface area contributed by atoms with Crippen LogP contribution < -0.4 is 5.32 Å². The highest BCUT2D eigenvalue weighted by Gasteiger charge is 2.07. The van der Waals surface area contributed by atoms with Gasteiger partial charge in [0.15, 0.2) is 0 Å². The molecule has 0 fully saturated rings. The summed E-state index contributed by atoms with van der Waals surface area (Å²) in [6, 6.07) is 2.85. The number of halogens is 2. The molecule has 1 N–H and O–H groups in total. The van der Waals surface area contributed by atoms with Crippen molar-refractivity contribution in [3.63, 3.8) is 0 Å². The first kappa shape index (κ1) is 11.5. The van der Waals surface area contributed by atoms with Gasteiger partial charge in [0.1, 0.15) is 11.6 Å². The van der Waals surface area contributed by atoms with Gasteiger partial charge in [-0.25, -0.2) is 9.37 Å². The number of hydrogen-bond donors (Lipinski definition) is 1. The van der Waals surface area contributed by atoms with Crippen molar-refractivity contribution in [1.82, 2.24) is 9.97 Å². The molecule has 0 aliphatic rings. The summed E-state index contributed by atoms with van der Waals surface area (Å²) in [4.78, 5) is 17.9. The lowest BCUT2D eigenvalue weighted by Gasteiger charge is -2.06. The van der Waals surface area contributed by atoms with E-state index in [1.807, 2.05) is 0 Å². The molecule has 4 nitrogen and oxygen atoms in total. The Morgan fingerprint density at radius 2 is 2.12 bits per heavy atom. The molecule has 0 saturated carbocycles. The van der Waals surface area contributed by atoms with Gasteiger partial charge < -0.3 is 5.32 Å². The number of rotatable bonds is 3. The molecule has 86 valence electrons. The maximum absolute atomic E-state index is 13.0. The zero-order chi connectivity index (χ0) is 12.3. The van der Waals surface area contributed by atoms with Gasteiger partial charge in [-0.1, -0.05) is 11.6 Å². The molecule has 0 saturated heterocycles. The van der Waals surface area contributed by atoms with Crippen LogP contribution in [0, 0.1) is 5.82 Å². The van der Waals surface area contributed by atoms with Gasteiger partial charge in [-0.05, 0) is 12.1 Å². The number of anilines is 1. The number of carbonyl (C=O) groups is 1. The summed E-state index contributed by atoms with van der Waals surface area (Å²) in [6.45, 7) is 0. The topological polar surface area (TPSA) is 54.9 Å². The average Bonchev–Trinajstić information content (AvgIpc) is 2.32. The highest BCUT2D eigenvalue weighted by molar-refractivity contribution is 6.33. The van der Waals surface area contributed by atoms with Crippen molar-refractivity contribution in [3.05, 3.63) is 41.6 Å². The lowest BCUT2D eigenvalue weighted by molar-refractivity contribution is -0.105. The van der Waals surface area contributed by atoms with Gasteiger partial charge in [-0.15, -0.1) is 0 Å². The molecule has 0 atom stereocenters. The maximum Gasteiger partial charge on any atom is 0.212 e. The van der Waals surface area contributed by atoms with Crippen LogP contribution in [-0.4, -0.2) is 16.4 Å². The number of amides is 1. The first-order chi connectivity index (χ1) is 8.20.